The Bertz CT molecular complexity index is 1230. The smallest absolute Gasteiger partial charge is 0.306 e. The number of ether oxygens (including phenoxy) is 3. The molecule has 8 nitrogen and oxygen atoms in total. The largest absolute Gasteiger partial charge is 0.544 e. The molecule has 0 heterocycles. The molecular weight excluding hydrogens is 703 g/mol. The molecule has 8 heteroatoms. The summed E-state index contributed by atoms with van der Waals surface area (Å²) in [5.74, 6) is -1.83. The van der Waals surface area contributed by atoms with Gasteiger partial charge in [0, 0.05) is 19.3 Å². The van der Waals surface area contributed by atoms with Gasteiger partial charge in [0.2, 0.25) is 0 Å². The summed E-state index contributed by atoms with van der Waals surface area (Å²) in [6.45, 7) is 4.41. The van der Waals surface area contributed by atoms with Crippen LogP contribution in [0.3, 0.4) is 0 Å². The van der Waals surface area contributed by atoms with Crippen molar-refractivity contribution in [1.29, 1.82) is 0 Å². The van der Waals surface area contributed by atoms with Crippen LogP contribution >= 0.6 is 0 Å². The molecule has 0 bridgehead atoms. The van der Waals surface area contributed by atoms with Crippen LogP contribution in [0.1, 0.15) is 136 Å². The summed E-state index contributed by atoms with van der Waals surface area (Å²) < 4.78 is 17.1. The zero-order valence-corrected chi connectivity index (χ0v) is 35.8. The first-order valence-electron chi connectivity index (χ1n) is 21.4. The van der Waals surface area contributed by atoms with Crippen molar-refractivity contribution in [2.45, 2.75) is 148 Å². The molecule has 0 amide bonds. The highest BCUT2D eigenvalue weighted by Gasteiger charge is 2.25. The molecule has 0 aliphatic heterocycles. The van der Waals surface area contributed by atoms with Gasteiger partial charge in [0.15, 0.2) is 6.10 Å². The number of nitrogens with zero attached hydrogens (tertiary/aromatic N) is 1. The van der Waals surface area contributed by atoms with Gasteiger partial charge in [0.25, 0.3) is 0 Å². The number of likely N-dealkylation sites (N-methyl/N-ethyl adjacent to an activating group) is 1. The first-order chi connectivity index (χ1) is 27.1. The number of carboxylic acids is 1. The third kappa shape index (κ3) is 35.9. The van der Waals surface area contributed by atoms with Crippen LogP contribution in [-0.4, -0.2) is 75.5 Å². The molecule has 0 aromatic carbocycles. The Morgan fingerprint density at radius 1 is 0.554 bits per heavy atom. The Balaban J connectivity index is 4.54. The predicted molar refractivity (Wildman–Crippen MR) is 231 cm³/mol. The summed E-state index contributed by atoms with van der Waals surface area (Å²) in [6.07, 6.45) is 50.0. The Hall–Kier alpha value is -3.75. The second kappa shape index (κ2) is 38.1. The van der Waals surface area contributed by atoms with Crippen molar-refractivity contribution in [3.63, 3.8) is 0 Å². The lowest BCUT2D eigenvalue weighted by Gasteiger charge is -2.34. The number of unbranched alkanes of at least 4 members (excludes halogenated alkanes) is 12. The summed E-state index contributed by atoms with van der Waals surface area (Å²) in [4.78, 5) is 36.8. The molecule has 0 saturated carbocycles. The maximum atomic E-state index is 12.7. The van der Waals surface area contributed by atoms with Crippen LogP contribution in [0, 0.1) is 0 Å². The molecule has 2 unspecified atom stereocenters. The van der Waals surface area contributed by atoms with Crippen LogP contribution in [-0.2, 0) is 28.6 Å². The number of esters is 2. The second-order valence-corrected chi connectivity index (χ2v) is 15.0. The van der Waals surface area contributed by atoms with Crippen LogP contribution in [0.4, 0.5) is 0 Å². The fraction of sp³-hybridized carbons (Fsp3) is 0.604. The van der Waals surface area contributed by atoms with Gasteiger partial charge in [-0.05, 0) is 57.8 Å². The molecule has 0 aromatic heterocycles. The monoisotopic (exact) mass is 780 g/mol. The summed E-state index contributed by atoms with van der Waals surface area (Å²) in [7, 11) is 5.37. The number of carbonyl (C=O) groups is 3. The maximum absolute atomic E-state index is 12.7. The topological polar surface area (TPSA) is 102 Å². The van der Waals surface area contributed by atoms with Gasteiger partial charge in [-0.2, -0.15) is 0 Å². The molecule has 0 N–H and O–H groups in total. The third-order valence-electron chi connectivity index (χ3n) is 8.90. The van der Waals surface area contributed by atoms with E-state index in [1.165, 1.54) is 38.5 Å². The number of carbonyl (C=O) groups excluding carboxylic acids is 3. The molecule has 0 radical (unpaired) electrons. The van der Waals surface area contributed by atoms with Crippen molar-refractivity contribution in [3.05, 3.63) is 97.2 Å². The van der Waals surface area contributed by atoms with Gasteiger partial charge < -0.3 is 28.6 Å². The Kier molecular flexibility index (Phi) is 35.6. The molecule has 0 aliphatic carbocycles. The number of hydrogen-bond donors (Lipinski definition) is 0. The molecule has 0 saturated heterocycles. The van der Waals surface area contributed by atoms with Gasteiger partial charge in [0.05, 0.1) is 40.3 Å². The Morgan fingerprint density at radius 3 is 1.54 bits per heavy atom. The second-order valence-electron chi connectivity index (χ2n) is 15.0. The van der Waals surface area contributed by atoms with Gasteiger partial charge in [-0.3, -0.25) is 9.59 Å². The lowest BCUT2D eigenvalue weighted by molar-refractivity contribution is -0.889. The van der Waals surface area contributed by atoms with Crippen LogP contribution < -0.4 is 5.11 Å². The fourth-order valence-electron chi connectivity index (χ4n) is 5.58. The number of carboxylic acid groups (broad SMARTS) is 1. The SMILES string of the molecule is CC/C=C/C=C/C=C/C=C/C=C/C=C/C=C/CCCCCC(=O)OC(COCCC(C(=O)[O-])[N+](C)(C)C)COC(=O)CCCCC/C=C/CCCCCCCC. The molecule has 2 atom stereocenters. The molecule has 0 rings (SSSR count). The average Bonchev–Trinajstić information content (AvgIpc) is 3.15. The van der Waals surface area contributed by atoms with Gasteiger partial charge in [-0.25, -0.2) is 0 Å². The number of allylic oxidation sites excluding steroid dienone is 16. The first-order valence-corrected chi connectivity index (χ1v) is 21.4. The summed E-state index contributed by atoms with van der Waals surface area (Å²) >= 11 is 0. The predicted octanol–water partition coefficient (Wildman–Crippen LogP) is 10.2. The van der Waals surface area contributed by atoms with Crippen molar-refractivity contribution in [3.8, 4) is 0 Å². The average molecular weight is 780 g/mol. The van der Waals surface area contributed by atoms with E-state index in [1.807, 2.05) is 72.9 Å². The van der Waals surface area contributed by atoms with E-state index in [2.05, 4.69) is 38.2 Å². The molecule has 56 heavy (non-hydrogen) atoms. The van der Waals surface area contributed by atoms with E-state index in [0.717, 1.165) is 57.8 Å². The van der Waals surface area contributed by atoms with E-state index in [0.29, 0.717) is 12.8 Å². The zero-order valence-electron chi connectivity index (χ0n) is 35.8. The van der Waals surface area contributed by atoms with Gasteiger partial charge in [0.1, 0.15) is 12.6 Å². The highest BCUT2D eigenvalue weighted by Crippen LogP contribution is 2.12. The standard InChI is InChI=1S/C48H77NO7/c1-6-8-10-12-14-16-18-20-21-22-23-24-25-27-29-31-33-35-37-39-47(51)56-44(42-54-41-40-45(48(52)53)49(3,4)5)43-55-46(50)38-36-34-32-30-28-26-19-17-15-13-11-9-7-2/h8,10,12,14,16,18,20-29,44-45H,6-7,9,11,13,15,17,19,30-43H2,1-5H3/b10-8+,14-12+,18-16+,21-20+,23-22+,25-24+,28-26+,29-27+. The van der Waals surface area contributed by atoms with Crippen molar-refractivity contribution in [2.24, 2.45) is 0 Å². The van der Waals surface area contributed by atoms with Crippen molar-refractivity contribution in [2.75, 3.05) is 41.0 Å². The first kappa shape index (κ1) is 52.2. The van der Waals surface area contributed by atoms with E-state index < -0.39 is 18.1 Å². The van der Waals surface area contributed by atoms with Gasteiger partial charge in [-0.15, -0.1) is 0 Å². The van der Waals surface area contributed by atoms with Crippen LogP contribution in [0.25, 0.3) is 0 Å². The molecule has 0 aromatic rings. The molecule has 0 spiro atoms. The zero-order chi connectivity index (χ0) is 41.4. The van der Waals surface area contributed by atoms with Crippen molar-refractivity contribution >= 4 is 17.9 Å². The van der Waals surface area contributed by atoms with E-state index in [4.69, 9.17) is 14.2 Å². The van der Waals surface area contributed by atoms with Crippen LogP contribution in [0.15, 0.2) is 97.2 Å². The summed E-state index contributed by atoms with van der Waals surface area (Å²) in [5.41, 5.74) is 0. The molecule has 0 fully saturated rings. The third-order valence-corrected chi connectivity index (χ3v) is 8.90. The summed E-state index contributed by atoms with van der Waals surface area (Å²) in [6, 6.07) is -0.742. The van der Waals surface area contributed by atoms with E-state index in [9.17, 15) is 19.5 Å². The molecule has 316 valence electrons. The minimum Gasteiger partial charge on any atom is -0.544 e. The lowest BCUT2D eigenvalue weighted by Crippen LogP contribution is -2.55. The minimum atomic E-state index is -1.14. The van der Waals surface area contributed by atoms with E-state index in [-0.39, 0.29) is 49.1 Å². The van der Waals surface area contributed by atoms with Crippen LogP contribution in [0.2, 0.25) is 0 Å². The van der Waals surface area contributed by atoms with E-state index in [1.54, 1.807) is 21.1 Å². The number of rotatable bonds is 36. The fourth-order valence-corrected chi connectivity index (χ4v) is 5.58. The van der Waals surface area contributed by atoms with E-state index >= 15 is 0 Å². The van der Waals surface area contributed by atoms with Gasteiger partial charge >= 0.3 is 11.9 Å². The number of aliphatic carboxylic acids is 1. The normalized spacial score (nSPS) is 13.9. The lowest BCUT2D eigenvalue weighted by atomic mass is 10.1. The maximum Gasteiger partial charge on any atom is 0.306 e. The summed E-state index contributed by atoms with van der Waals surface area (Å²) in [5, 5.41) is 11.6. The highest BCUT2D eigenvalue weighted by atomic mass is 16.6. The number of hydrogen-bond acceptors (Lipinski definition) is 7. The Labute approximate surface area is 341 Å². The number of quaternary nitrogens is 1. The van der Waals surface area contributed by atoms with Gasteiger partial charge in [-0.1, -0.05) is 156 Å². The minimum absolute atomic E-state index is 0.0106. The van der Waals surface area contributed by atoms with Crippen molar-refractivity contribution in [1.82, 2.24) is 0 Å². The Morgan fingerprint density at radius 2 is 1.02 bits per heavy atom. The molecular formula is C48H77NO7. The van der Waals surface area contributed by atoms with Crippen molar-refractivity contribution < 1.29 is 38.2 Å². The quantitative estimate of drug-likeness (QED) is 0.0205. The van der Waals surface area contributed by atoms with Crippen LogP contribution in [0.5, 0.6) is 0 Å². The highest BCUT2D eigenvalue weighted by molar-refractivity contribution is 5.70. The molecule has 0 aliphatic rings.